The van der Waals surface area contributed by atoms with Crippen molar-refractivity contribution in [3.8, 4) is 56.4 Å². The van der Waals surface area contributed by atoms with E-state index in [4.69, 9.17) is 0 Å². The van der Waals surface area contributed by atoms with Gasteiger partial charge >= 0.3 is 0 Å². The third-order valence-corrected chi connectivity index (χ3v) is 27.0. The van der Waals surface area contributed by atoms with Gasteiger partial charge < -0.3 is 42.1 Å². The summed E-state index contributed by atoms with van der Waals surface area (Å²) in [5, 5.41) is 9.73. The van der Waals surface area contributed by atoms with Crippen LogP contribution in [0.1, 0.15) is 0 Å². The maximum absolute atomic E-state index is 2.46. The fourth-order valence-corrected chi connectivity index (χ4v) is 20.9. The van der Waals surface area contributed by atoms with Crippen LogP contribution in [0.15, 0.2) is 552 Å². The molecular formula is C130H91N9. The molecule has 6 heterocycles. The first-order valence-electron chi connectivity index (χ1n) is 47.5. The molecule has 0 radical (unpaired) electrons. The van der Waals surface area contributed by atoms with Crippen molar-refractivity contribution in [1.29, 1.82) is 0 Å². The zero-order valence-corrected chi connectivity index (χ0v) is 76.1. The zero-order chi connectivity index (χ0) is 92.1. The van der Waals surface area contributed by atoms with Crippen LogP contribution < -0.4 is 14.7 Å². The first-order valence-corrected chi connectivity index (χ1v) is 47.5. The van der Waals surface area contributed by atoms with Crippen molar-refractivity contribution in [3.63, 3.8) is 0 Å². The Kier molecular flexibility index (Phi) is 21.1. The Balaban J connectivity index is 0.000000110. The van der Waals surface area contributed by atoms with Gasteiger partial charge in [-0.1, -0.05) is 334 Å². The van der Waals surface area contributed by atoms with Gasteiger partial charge in [0.05, 0.1) is 66.2 Å². The average Bonchev–Trinajstić information content (AvgIpc) is 1.55. The molecule has 139 heavy (non-hydrogen) atoms. The van der Waals surface area contributed by atoms with Crippen molar-refractivity contribution in [1.82, 2.24) is 27.4 Å². The maximum Gasteiger partial charge on any atom is 0.0804 e. The molecule has 9 nitrogen and oxygen atoms in total. The van der Waals surface area contributed by atoms with Gasteiger partial charge in [0.25, 0.3) is 0 Å². The molecule has 27 rings (SSSR count). The predicted octanol–water partition coefficient (Wildman–Crippen LogP) is 35.1. The maximum atomic E-state index is 2.46. The topological polar surface area (TPSA) is 39.3 Å². The molecule has 0 aliphatic heterocycles. The van der Waals surface area contributed by atoms with E-state index in [1.54, 1.807) is 0 Å². The van der Waals surface area contributed by atoms with E-state index < -0.39 is 0 Å². The Morgan fingerprint density at radius 1 is 0.115 bits per heavy atom. The fourth-order valence-electron chi connectivity index (χ4n) is 20.9. The van der Waals surface area contributed by atoms with Gasteiger partial charge in [0.2, 0.25) is 0 Å². The number of aromatic nitrogens is 6. The zero-order valence-electron chi connectivity index (χ0n) is 76.1. The van der Waals surface area contributed by atoms with Gasteiger partial charge in [-0.05, 0) is 251 Å². The lowest BCUT2D eigenvalue weighted by molar-refractivity contribution is 1.17. The van der Waals surface area contributed by atoms with Crippen molar-refractivity contribution in [2.45, 2.75) is 0 Å². The number of nitrogens with zero attached hydrogens (tertiary/aromatic N) is 9. The van der Waals surface area contributed by atoms with E-state index in [0.717, 1.165) is 85.3 Å². The number of benzene rings is 21. The predicted molar refractivity (Wildman–Crippen MR) is 585 cm³/mol. The van der Waals surface area contributed by atoms with Crippen LogP contribution in [0.5, 0.6) is 0 Å². The molecule has 0 aliphatic rings. The standard InChI is InChI=1S/2C44H31N3.C42H29N3/c2*1-5-15-32(16-6-1)33-25-27-37(28-26-33)47-42-30-29-38(45(34-17-7-2-8-18-34)35-19-9-3-10-20-35)31-40(42)44-43(47)39-23-13-14-24-41(39)46(44)36-21-11-4-12-22-36;1-4-16-32(17-5-1)43(33-18-6-2-7-19-33)36-26-27-40-38(29-36)42-41(45(40)35-25-24-30-14-10-11-15-31(30)28-35)37-22-12-13-23-39(37)44(42)34-20-8-3-9-21-34/h2*1-31H;1-29H. The highest BCUT2D eigenvalue weighted by Gasteiger charge is 2.29. The summed E-state index contributed by atoms with van der Waals surface area (Å²) in [7, 11) is 0. The second kappa shape index (κ2) is 35.7. The van der Waals surface area contributed by atoms with E-state index >= 15 is 0 Å². The molecule has 0 unspecified atom stereocenters. The monoisotopic (exact) mass is 1780 g/mol. The quantitative estimate of drug-likeness (QED) is 0.0912. The van der Waals surface area contributed by atoms with E-state index in [0.29, 0.717) is 0 Å². The largest absolute Gasteiger partial charge is 0.310 e. The van der Waals surface area contributed by atoms with Gasteiger partial charge in [0.15, 0.2) is 0 Å². The van der Waals surface area contributed by atoms with E-state index in [1.807, 2.05) is 0 Å². The second-order valence-corrected chi connectivity index (χ2v) is 35.1. The molecule has 0 aliphatic carbocycles. The van der Waals surface area contributed by atoms with Crippen LogP contribution in [0.25, 0.3) is 166 Å². The highest BCUT2D eigenvalue weighted by molar-refractivity contribution is 6.24. The van der Waals surface area contributed by atoms with Gasteiger partial charge in [-0.3, -0.25) is 0 Å². The summed E-state index contributed by atoms with van der Waals surface area (Å²) in [6.45, 7) is 0. The lowest BCUT2D eigenvalue weighted by Gasteiger charge is -2.25. The number of fused-ring (bicyclic) bond motifs is 16. The molecule has 0 bridgehead atoms. The molecule has 6 aromatic heterocycles. The van der Waals surface area contributed by atoms with Crippen LogP contribution in [0, 0.1) is 0 Å². The smallest absolute Gasteiger partial charge is 0.0804 e. The summed E-state index contributed by atoms with van der Waals surface area (Å²) in [4.78, 5) is 7.02. The number of rotatable bonds is 17. The highest BCUT2D eigenvalue weighted by Crippen LogP contribution is 2.50. The Labute approximate surface area is 805 Å². The highest BCUT2D eigenvalue weighted by atomic mass is 15.2. The van der Waals surface area contributed by atoms with Gasteiger partial charge in [0.1, 0.15) is 0 Å². The molecule has 27 aromatic rings. The van der Waals surface area contributed by atoms with Crippen LogP contribution in [0.4, 0.5) is 51.2 Å². The van der Waals surface area contributed by atoms with E-state index in [9.17, 15) is 0 Å². The molecule has 656 valence electrons. The minimum absolute atomic E-state index is 1.11. The minimum atomic E-state index is 1.11. The van der Waals surface area contributed by atoms with Crippen molar-refractivity contribution < 1.29 is 0 Å². The third-order valence-electron chi connectivity index (χ3n) is 27.0. The number of para-hydroxylation sites is 12. The van der Waals surface area contributed by atoms with Gasteiger partial charge in [-0.25, -0.2) is 0 Å². The van der Waals surface area contributed by atoms with Crippen molar-refractivity contribution >= 4 is 160 Å². The summed E-state index contributed by atoms with van der Waals surface area (Å²) < 4.78 is 14.6. The van der Waals surface area contributed by atoms with Gasteiger partial charge in [0, 0.05) is 118 Å². The van der Waals surface area contributed by atoms with E-state index in [2.05, 4.69) is 594 Å². The van der Waals surface area contributed by atoms with Crippen LogP contribution in [-0.4, -0.2) is 27.4 Å². The lowest BCUT2D eigenvalue weighted by atomic mass is 10.1. The third kappa shape index (κ3) is 14.8. The van der Waals surface area contributed by atoms with Crippen molar-refractivity contribution in [2.75, 3.05) is 14.7 Å². The molecule has 0 N–H and O–H groups in total. The van der Waals surface area contributed by atoms with Gasteiger partial charge in [-0.15, -0.1) is 0 Å². The average molecular weight is 1780 g/mol. The summed E-state index contributed by atoms with van der Waals surface area (Å²) in [5.74, 6) is 0. The molecule has 0 amide bonds. The SMILES string of the molecule is c1ccc(-c2ccc(-n3c4ccc(N(c5ccccc5)c5ccccc5)cc4c4c3c3ccccc3n4-c3ccccc3)cc2)cc1.c1ccc(-c2ccc(-n3c4ccc(N(c5ccccc5)c5ccccc5)cc4c4c3c3ccccc3n4-c3ccccc3)cc2)cc1.c1ccc(N(c2ccccc2)c2ccc3c(c2)c2c(c4ccccc4n2-c2ccccc2)n3-c2ccc3ccccc3c2)cc1. The Morgan fingerprint density at radius 3 is 0.604 bits per heavy atom. The molecule has 0 saturated heterocycles. The number of anilines is 9. The fraction of sp³-hybridized carbons (Fsp3) is 0. The van der Waals surface area contributed by atoms with Crippen molar-refractivity contribution in [2.24, 2.45) is 0 Å². The van der Waals surface area contributed by atoms with Crippen LogP contribution in [0.2, 0.25) is 0 Å². The molecular weight excluding hydrogens is 1690 g/mol. The molecule has 0 spiro atoms. The summed E-state index contributed by atoms with van der Waals surface area (Å²) >= 11 is 0. The Bertz CT molecular complexity index is 8640. The van der Waals surface area contributed by atoms with Crippen LogP contribution in [-0.2, 0) is 0 Å². The molecule has 9 heteroatoms. The Morgan fingerprint density at radius 2 is 0.317 bits per heavy atom. The Hall–Kier alpha value is -18.7. The summed E-state index contributed by atoms with van der Waals surface area (Å²) in [5.41, 5.74) is 36.1. The van der Waals surface area contributed by atoms with Crippen molar-refractivity contribution in [3.05, 3.63) is 552 Å². The minimum Gasteiger partial charge on any atom is -0.310 e. The number of hydrogen-bond donors (Lipinski definition) is 0. The normalized spacial score (nSPS) is 11.5. The lowest BCUT2D eigenvalue weighted by Crippen LogP contribution is -2.09. The number of hydrogen-bond acceptors (Lipinski definition) is 3. The molecule has 0 fully saturated rings. The second-order valence-electron chi connectivity index (χ2n) is 35.1. The van der Waals surface area contributed by atoms with Gasteiger partial charge in [-0.2, -0.15) is 0 Å². The first-order chi connectivity index (χ1) is 69.0. The summed E-state index contributed by atoms with van der Waals surface area (Å²) in [6, 6.07) is 198. The van der Waals surface area contributed by atoms with E-state index in [-0.39, 0.29) is 0 Å². The summed E-state index contributed by atoms with van der Waals surface area (Å²) in [6.07, 6.45) is 0. The first kappa shape index (κ1) is 82.2. The van der Waals surface area contributed by atoms with Crippen LogP contribution >= 0.6 is 0 Å². The van der Waals surface area contributed by atoms with E-state index in [1.165, 1.54) is 132 Å². The molecule has 21 aromatic carbocycles. The van der Waals surface area contributed by atoms with Crippen LogP contribution in [0.3, 0.4) is 0 Å². The molecule has 0 atom stereocenters. The molecule has 0 saturated carbocycles.